The van der Waals surface area contributed by atoms with Gasteiger partial charge in [-0.05, 0) is 6.92 Å². The normalized spacial score (nSPS) is 24.9. The predicted octanol–water partition coefficient (Wildman–Crippen LogP) is -8.25. The maximum Gasteiger partial charge on any atom is 0.222 e. The van der Waals surface area contributed by atoms with Crippen LogP contribution in [-0.2, 0) is 85.4 Å². The molecule has 496 valence electrons. The Kier molecular flexibility index (Phi) is 43.6. The minimum Gasteiger partial charge on any atom is -0.394 e. The number of rotatable bonds is 53. The van der Waals surface area contributed by atoms with Crippen LogP contribution in [0.4, 0.5) is 0 Å². The molecule has 2 saturated heterocycles. The van der Waals surface area contributed by atoms with Gasteiger partial charge in [-0.15, -0.1) is 0 Å². The van der Waals surface area contributed by atoms with Crippen LogP contribution in [-0.4, -0.2) is 350 Å². The standard InChI is InChI=1S/C51H97N3O30/c1-34(59)42(63)35(27-55)82-41(30-58)79-24-21-73-18-15-70-12-6-52-38(60)3-9-76-31-51(2,32-77-10-4-39(61)53-7-13-71-16-19-74-22-25-80-49-47(68)45(66)43(64)36(28-56)83-49)33-78-11-5-40(62)54-8-14-72-17-20-75-23-26-81-50-48(69)46(67)44(65)37(29-57)84-50/h34-37,41-50,55-59,63-69H,3-33H2,1-2H3,(H,52,60)(H,53,61)(H,54,62)/t34?,35?,36?,37?,41-,42-,43+,44+,45?,46?,47?,48?,49-,50-,51?/m0/s1. The van der Waals surface area contributed by atoms with Crippen LogP contribution in [0.1, 0.15) is 33.1 Å². The van der Waals surface area contributed by atoms with Gasteiger partial charge in [0.2, 0.25) is 17.7 Å². The average Bonchev–Trinajstić information content (AvgIpc) is 3.69. The van der Waals surface area contributed by atoms with E-state index < -0.39 is 118 Å². The Bertz CT molecular complexity index is 1570. The molecule has 8 unspecified atom stereocenters. The molecule has 0 aromatic carbocycles. The monoisotopic (exact) mass is 1230 g/mol. The van der Waals surface area contributed by atoms with Crippen LogP contribution in [0, 0.1) is 5.41 Å². The quantitative estimate of drug-likeness (QED) is 0.0199. The van der Waals surface area contributed by atoms with E-state index in [9.17, 15) is 75.7 Å². The minimum atomic E-state index is -1.55. The number of carbonyl (C=O) groups excluding carboxylic acids is 3. The Balaban J connectivity index is 1.64. The highest BCUT2D eigenvalue weighted by atomic mass is 16.7. The van der Waals surface area contributed by atoms with E-state index in [0.29, 0.717) is 0 Å². The van der Waals surface area contributed by atoms with Gasteiger partial charge in [-0.2, -0.15) is 0 Å². The molecule has 33 nitrogen and oxygen atoms in total. The van der Waals surface area contributed by atoms with Gasteiger partial charge in [0.15, 0.2) is 18.9 Å². The second kappa shape index (κ2) is 47.3. The molecular formula is C51H97N3O30. The molecule has 0 aromatic heterocycles. The lowest BCUT2D eigenvalue weighted by atomic mass is 9.94. The number of hydrogen-bond donors (Lipinski definition) is 15. The molecule has 2 aliphatic heterocycles. The molecule has 33 heteroatoms. The zero-order valence-corrected chi connectivity index (χ0v) is 48.2. The van der Waals surface area contributed by atoms with Crippen molar-refractivity contribution in [3.05, 3.63) is 0 Å². The first kappa shape index (κ1) is 77.4. The summed E-state index contributed by atoms with van der Waals surface area (Å²) in [5.41, 5.74) is -0.755. The Morgan fingerprint density at radius 3 is 1.13 bits per heavy atom. The van der Waals surface area contributed by atoms with Gasteiger partial charge < -0.3 is 148 Å². The first-order valence-electron chi connectivity index (χ1n) is 28.1. The fourth-order valence-corrected chi connectivity index (χ4v) is 7.56. The van der Waals surface area contributed by atoms with Crippen LogP contribution in [0.3, 0.4) is 0 Å². The summed E-state index contributed by atoms with van der Waals surface area (Å²) in [7, 11) is 0. The van der Waals surface area contributed by atoms with Gasteiger partial charge in [-0.3, -0.25) is 14.4 Å². The van der Waals surface area contributed by atoms with Gasteiger partial charge in [-0.1, -0.05) is 6.92 Å². The van der Waals surface area contributed by atoms with Crippen molar-refractivity contribution < 1.29 is 147 Å². The molecule has 2 rings (SSSR count). The molecule has 15 N–H and O–H groups in total. The predicted molar refractivity (Wildman–Crippen MR) is 284 cm³/mol. The van der Waals surface area contributed by atoms with Gasteiger partial charge in [0.05, 0.1) is 171 Å². The number of nitrogens with one attached hydrogen (secondary N) is 3. The smallest absolute Gasteiger partial charge is 0.222 e. The Labute approximate surface area is 488 Å². The summed E-state index contributed by atoms with van der Waals surface area (Å²) >= 11 is 0. The first-order chi connectivity index (χ1) is 40.4. The number of amides is 3. The lowest BCUT2D eigenvalue weighted by Crippen LogP contribution is -2.59. The molecule has 3 amide bonds. The highest BCUT2D eigenvalue weighted by molar-refractivity contribution is 5.76. The van der Waals surface area contributed by atoms with Gasteiger partial charge in [0, 0.05) is 44.3 Å². The van der Waals surface area contributed by atoms with Crippen molar-refractivity contribution in [1.82, 2.24) is 16.0 Å². The van der Waals surface area contributed by atoms with Crippen LogP contribution in [0.2, 0.25) is 0 Å². The summed E-state index contributed by atoms with van der Waals surface area (Å²) in [4.78, 5) is 37.5. The zero-order valence-electron chi connectivity index (χ0n) is 48.2. The van der Waals surface area contributed by atoms with Crippen molar-refractivity contribution in [2.75, 3.05) is 185 Å². The molecule has 84 heavy (non-hydrogen) atoms. The summed E-state index contributed by atoms with van der Waals surface area (Å²) in [6, 6.07) is 0. The van der Waals surface area contributed by atoms with Gasteiger partial charge >= 0.3 is 0 Å². The summed E-state index contributed by atoms with van der Waals surface area (Å²) in [6.45, 7) is 4.20. The highest BCUT2D eigenvalue weighted by Crippen LogP contribution is 2.24. The number of carbonyl (C=O) groups is 3. The second-order valence-electron chi connectivity index (χ2n) is 19.6. The van der Waals surface area contributed by atoms with E-state index in [0.717, 1.165) is 0 Å². The first-order valence-corrected chi connectivity index (χ1v) is 28.1. The van der Waals surface area contributed by atoms with E-state index in [4.69, 9.17) is 71.1 Å². The van der Waals surface area contributed by atoms with Gasteiger partial charge in [-0.25, -0.2) is 0 Å². The Morgan fingerprint density at radius 2 is 0.798 bits per heavy atom. The largest absolute Gasteiger partial charge is 0.394 e. The zero-order chi connectivity index (χ0) is 62.0. The van der Waals surface area contributed by atoms with E-state index in [1.54, 1.807) is 0 Å². The maximum absolute atomic E-state index is 12.5. The van der Waals surface area contributed by atoms with Crippen molar-refractivity contribution in [2.45, 2.75) is 119 Å². The third-order valence-electron chi connectivity index (χ3n) is 12.4. The van der Waals surface area contributed by atoms with E-state index in [1.807, 2.05) is 6.92 Å². The van der Waals surface area contributed by atoms with E-state index in [-0.39, 0.29) is 195 Å². The molecule has 0 aromatic rings. The lowest BCUT2D eigenvalue weighted by molar-refractivity contribution is -0.302. The van der Waals surface area contributed by atoms with Crippen LogP contribution in [0.25, 0.3) is 0 Å². The number of aliphatic hydroxyl groups excluding tert-OH is 12. The fraction of sp³-hybridized carbons (Fsp3) is 0.941. The second-order valence-corrected chi connectivity index (χ2v) is 19.6. The summed E-state index contributed by atoms with van der Waals surface area (Å²) in [5.74, 6) is -0.845. The Morgan fingerprint density at radius 1 is 0.452 bits per heavy atom. The van der Waals surface area contributed by atoms with Crippen LogP contribution >= 0.6 is 0 Å². The van der Waals surface area contributed by atoms with Crippen LogP contribution in [0.5, 0.6) is 0 Å². The van der Waals surface area contributed by atoms with Crippen molar-refractivity contribution >= 4 is 17.7 Å². The highest BCUT2D eigenvalue weighted by Gasteiger charge is 2.45. The van der Waals surface area contributed by atoms with Gasteiger partial charge in [0.1, 0.15) is 61.0 Å². The Hall–Kier alpha value is -2.67. The van der Waals surface area contributed by atoms with E-state index in [1.165, 1.54) is 6.92 Å². The van der Waals surface area contributed by atoms with Crippen LogP contribution in [0.15, 0.2) is 0 Å². The minimum absolute atomic E-state index is 0.0109. The summed E-state index contributed by atoms with van der Waals surface area (Å²) in [5, 5.41) is 125. The van der Waals surface area contributed by atoms with Crippen LogP contribution < -0.4 is 16.0 Å². The lowest BCUT2D eigenvalue weighted by Gasteiger charge is -2.39. The molecular weight excluding hydrogens is 1130 g/mol. The molecule has 0 spiro atoms. The third-order valence-corrected chi connectivity index (χ3v) is 12.4. The number of aliphatic hydroxyl groups is 12. The third kappa shape index (κ3) is 33.6. The summed E-state index contributed by atoms with van der Waals surface area (Å²) < 4.78 is 82.2. The molecule has 0 aliphatic carbocycles. The average molecular weight is 1230 g/mol. The molecule has 0 bridgehead atoms. The molecule has 2 aliphatic rings. The topological polar surface area (TPSA) is 469 Å². The molecule has 14 atom stereocenters. The molecule has 0 radical (unpaired) electrons. The fourth-order valence-electron chi connectivity index (χ4n) is 7.56. The molecule has 2 fully saturated rings. The maximum atomic E-state index is 12.5. The number of hydrogen-bond acceptors (Lipinski definition) is 30. The van der Waals surface area contributed by atoms with Crippen molar-refractivity contribution in [1.29, 1.82) is 0 Å². The molecule has 2 heterocycles. The molecule has 0 saturated carbocycles. The SMILES string of the molecule is CC(O)[C@H](O)C(CO)O[C@@H](CO)OCCOCCOCCNC(=O)CCOCC(C)(COCCC(=O)NCCOCCOCCO[C@H]1OC(CO)[C@@H](O)C(O)C1O)COCCC(=O)NCCOCCOCCO[C@H]1OC(CO)[C@@H](O)C(O)C1O. The van der Waals surface area contributed by atoms with E-state index >= 15 is 0 Å². The van der Waals surface area contributed by atoms with Crippen molar-refractivity contribution in [3.63, 3.8) is 0 Å². The van der Waals surface area contributed by atoms with Gasteiger partial charge in [0.25, 0.3) is 0 Å². The van der Waals surface area contributed by atoms with Crippen molar-refractivity contribution in [3.8, 4) is 0 Å². The number of ether oxygens (including phenoxy) is 15. The van der Waals surface area contributed by atoms with E-state index in [2.05, 4.69) is 16.0 Å². The summed E-state index contributed by atoms with van der Waals surface area (Å²) in [6.07, 6.45) is -18.5. The van der Waals surface area contributed by atoms with Crippen molar-refractivity contribution in [2.24, 2.45) is 5.41 Å².